The van der Waals surface area contributed by atoms with Crippen LogP contribution < -0.4 is 10.6 Å². The van der Waals surface area contributed by atoms with Crippen molar-refractivity contribution >= 4 is 21.7 Å². The van der Waals surface area contributed by atoms with Crippen LogP contribution >= 0.6 is 15.9 Å². The van der Waals surface area contributed by atoms with Gasteiger partial charge in [0.1, 0.15) is 5.82 Å². The molecule has 102 valence electrons. The van der Waals surface area contributed by atoms with Gasteiger partial charge in [0.2, 0.25) is 0 Å². The van der Waals surface area contributed by atoms with Crippen LogP contribution in [0.1, 0.15) is 26.3 Å². The minimum atomic E-state index is 0.0894. The van der Waals surface area contributed by atoms with E-state index in [4.69, 9.17) is 4.74 Å². The van der Waals surface area contributed by atoms with E-state index in [-0.39, 0.29) is 5.54 Å². The standard InChI is InChI=1S/C13H22BrN3O/c1-13(2,3)17-8-10-7-11(14)9-16-12(10)15-5-6-18-4/h7,9,17H,5-6,8H2,1-4H3,(H,15,16). The van der Waals surface area contributed by atoms with Crippen molar-refractivity contribution in [1.82, 2.24) is 10.3 Å². The number of anilines is 1. The van der Waals surface area contributed by atoms with Gasteiger partial charge in [-0.05, 0) is 42.8 Å². The summed E-state index contributed by atoms with van der Waals surface area (Å²) in [6.45, 7) is 8.66. The van der Waals surface area contributed by atoms with Crippen LogP contribution in [-0.2, 0) is 11.3 Å². The van der Waals surface area contributed by atoms with Crippen molar-refractivity contribution in [2.24, 2.45) is 0 Å². The molecule has 18 heavy (non-hydrogen) atoms. The van der Waals surface area contributed by atoms with Gasteiger partial charge in [-0.15, -0.1) is 0 Å². The molecule has 0 saturated heterocycles. The van der Waals surface area contributed by atoms with Crippen molar-refractivity contribution in [1.29, 1.82) is 0 Å². The zero-order chi connectivity index (χ0) is 13.6. The molecule has 5 heteroatoms. The molecule has 0 aliphatic rings. The highest BCUT2D eigenvalue weighted by molar-refractivity contribution is 9.10. The summed E-state index contributed by atoms with van der Waals surface area (Å²) in [5.74, 6) is 0.909. The Bertz CT molecular complexity index is 377. The smallest absolute Gasteiger partial charge is 0.130 e. The molecule has 0 saturated carbocycles. The van der Waals surface area contributed by atoms with E-state index in [9.17, 15) is 0 Å². The van der Waals surface area contributed by atoms with Gasteiger partial charge in [0, 0.05) is 42.0 Å². The van der Waals surface area contributed by atoms with Crippen molar-refractivity contribution in [3.63, 3.8) is 0 Å². The Hall–Kier alpha value is -0.650. The summed E-state index contributed by atoms with van der Waals surface area (Å²) in [6, 6.07) is 2.08. The quantitative estimate of drug-likeness (QED) is 0.792. The van der Waals surface area contributed by atoms with Gasteiger partial charge < -0.3 is 15.4 Å². The first-order valence-electron chi connectivity index (χ1n) is 6.04. The first-order chi connectivity index (χ1) is 8.42. The summed E-state index contributed by atoms with van der Waals surface area (Å²) in [7, 11) is 1.69. The lowest BCUT2D eigenvalue weighted by molar-refractivity contribution is 0.210. The Morgan fingerprint density at radius 1 is 1.39 bits per heavy atom. The highest BCUT2D eigenvalue weighted by Gasteiger charge is 2.11. The normalized spacial score (nSPS) is 11.6. The summed E-state index contributed by atoms with van der Waals surface area (Å²) in [5.41, 5.74) is 1.24. The molecule has 0 atom stereocenters. The van der Waals surface area contributed by atoms with Crippen LogP contribution in [0.5, 0.6) is 0 Å². The second-order valence-electron chi connectivity index (χ2n) is 5.18. The molecule has 1 aromatic heterocycles. The van der Waals surface area contributed by atoms with E-state index in [0.29, 0.717) is 6.61 Å². The molecular formula is C13H22BrN3O. The van der Waals surface area contributed by atoms with E-state index in [1.807, 2.05) is 0 Å². The van der Waals surface area contributed by atoms with Crippen molar-refractivity contribution in [2.45, 2.75) is 32.9 Å². The Balaban J connectivity index is 2.70. The average Bonchev–Trinajstić information content (AvgIpc) is 2.28. The van der Waals surface area contributed by atoms with Gasteiger partial charge >= 0.3 is 0 Å². The zero-order valence-corrected chi connectivity index (χ0v) is 13.1. The second kappa shape index (κ2) is 7.07. The summed E-state index contributed by atoms with van der Waals surface area (Å²) in [5, 5.41) is 6.74. The van der Waals surface area contributed by atoms with Gasteiger partial charge in [0.25, 0.3) is 0 Å². The fraction of sp³-hybridized carbons (Fsp3) is 0.615. The van der Waals surface area contributed by atoms with E-state index < -0.39 is 0 Å². The predicted molar refractivity (Wildman–Crippen MR) is 78.9 cm³/mol. The number of halogens is 1. The van der Waals surface area contributed by atoms with Crippen molar-refractivity contribution in [3.8, 4) is 0 Å². The summed E-state index contributed by atoms with van der Waals surface area (Å²) < 4.78 is 6.02. The minimum Gasteiger partial charge on any atom is -0.383 e. The van der Waals surface area contributed by atoms with Crippen LogP contribution in [0.4, 0.5) is 5.82 Å². The van der Waals surface area contributed by atoms with Gasteiger partial charge in [0.15, 0.2) is 0 Å². The zero-order valence-electron chi connectivity index (χ0n) is 11.5. The number of aromatic nitrogens is 1. The van der Waals surface area contributed by atoms with Gasteiger partial charge in [-0.3, -0.25) is 0 Å². The van der Waals surface area contributed by atoms with Crippen LogP contribution in [0.2, 0.25) is 0 Å². The molecule has 1 aromatic rings. The number of methoxy groups -OCH3 is 1. The lowest BCUT2D eigenvalue weighted by atomic mass is 10.1. The third kappa shape index (κ3) is 5.80. The lowest BCUT2D eigenvalue weighted by Crippen LogP contribution is -2.35. The lowest BCUT2D eigenvalue weighted by Gasteiger charge is -2.21. The summed E-state index contributed by atoms with van der Waals surface area (Å²) >= 11 is 3.46. The summed E-state index contributed by atoms with van der Waals surface area (Å²) in [6.07, 6.45) is 1.80. The fourth-order valence-corrected chi connectivity index (χ4v) is 1.79. The molecular weight excluding hydrogens is 294 g/mol. The second-order valence-corrected chi connectivity index (χ2v) is 6.10. The first-order valence-corrected chi connectivity index (χ1v) is 6.84. The first kappa shape index (κ1) is 15.4. The molecule has 2 N–H and O–H groups in total. The van der Waals surface area contributed by atoms with Gasteiger partial charge in [-0.2, -0.15) is 0 Å². The van der Waals surface area contributed by atoms with E-state index in [2.05, 4.69) is 58.4 Å². The van der Waals surface area contributed by atoms with E-state index in [1.54, 1.807) is 13.3 Å². The fourth-order valence-electron chi connectivity index (χ4n) is 1.41. The Kier molecular flexibility index (Phi) is 6.05. The van der Waals surface area contributed by atoms with E-state index in [0.717, 1.165) is 28.9 Å². The number of hydrogen-bond acceptors (Lipinski definition) is 4. The maximum Gasteiger partial charge on any atom is 0.130 e. The molecule has 1 heterocycles. The number of pyridine rings is 1. The number of hydrogen-bond donors (Lipinski definition) is 2. The minimum absolute atomic E-state index is 0.0894. The molecule has 0 unspecified atom stereocenters. The van der Waals surface area contributed by atoms with Crippen molar-refractivity contribution in [3.05, 3.63) is 22.3 Å². The Labute approximate surface area is 118 Å². The molecule has 4 nitrogen and oxygen atoms in total. The topological polar surface area (TPSA) is 46.2 Å². The highest BCUT2D eigenvalue weighted by Crippen LogP contribution is 2.18. The maximum absolute atomic E-state index is 5.03. The van der Waals surface area contributed by atoms with Gasteiger partial charge in [0.05, 0.1) is 6.61 Å². The average molecular weight is 316 g/mol. The molecule has 0 amide bonds. The molecule has 0 radical (unpaired) electrons. The highest BCUT2D eigenvalue weighted by atomic mass is 79.9. The van der Waals surface area contributed by atoms with Crippen LogP contribution in [0.3, 0.4) is 0 Å². The molecule has 0 aliphatic carbocycles. The monoisotopic (exact) mass is 315 g/mol. The van der Waals surface area contributed by atoms with Gasteiger partial charge in [-0.25, -0.2) is 4.98 Å². The van der Waals surface area contributed by atoms with Crippen LogP contribution in [0.25, 0.3) is 0 Å². The summed E-state index contributed by atoms with van der Waals surface area (Å²) in [4.78, 5) is 4.40. The number of nitrogens with zero attached hydrogens (tertiary/aromatic N) is 1. The van der Waals surface area contributed by atoms with Crippen LogP contribution in [-0.4, -0.2) is 30.8 Å². The Morgan fingerprint density at radius 2 is 2.11 bits per heavy atom. The Morgan fingerprint density at radius 3 is 2.72 bits per heavy atom. The van der Waals surface area contributed by atoms with Crippen molar-refractivity contribution in [2.75, 3.05) is 25.6 Å². The molecule has 1 rings (SSSR count). The number of nitrogens with one attached hydrogen (secondary N) is 2. The molecule has 0 fully saturated rings. The third-order valence-corrected chi connectivity index (χ3v) is 2.77. The van der Waals surface area contributed by atoms with E-state index >= 15 is 0 Å². The van der Waals surface area contributed by atoms with Crippen LogP contribution in [0, 0.1) is 0 Å². The largest absolute Gasteiger partial charge is 0.383 e. The number of ether oxygens (including phenoxy) is 1. The number of rotatable bonds is 6. The van der Waals surface area contributed by atoms with Crippen molar-refractivity contribution < 1.29 is 4.74 Å². The third-order valence-electron chi connectivity index (χ3n) is 2.34. The maximum atomic E-state index is 5.03. The molecule has 0 aromatic carbocycles. The van der Waals surface area contributed by atoms with Crippen LogP contribution in [0.15, 0.2) is 16.7 Å². The van der Waals surface area contributed by atoms with Gasteiger partial charge in [-0.1, -0.05) is 0 Å². The SMILES string of the molecule is COCCNc1ncc(Br)cc1CNC(C)(C)C. The molecule has 0 aliphatic heterocycles. The molecule has 0 bridgehead atoms. The van der Waals surface area contributed by atoms with E-state index in [1.165, 1.54) is 0 Å². The predicted octanol–water partition coefficient (Wildman–Crippen LogP) is 2.79. The molecule has 0 spiro atoms.